The van der Waals surface area contributed by atoms with E-state index in [1.807, 2.05) is 6.07 Å². The lowest BCUT2D eigenvalue weighted by molar-refractivity contribution is -0.139. The Morgan fingerprint density at radius 2 is 1.77 bits per heavy atom. The van der Waals surface area contributed by atoms with Gasteiger partial charge in [-0.1, -0.05) is 40.2 Å². The van der Waals surface area contributed by atoms with Crippen molar-refractivity contribution in [1.29, 1.82) is 0 Å². The highest BCUT2D eigenvalue weighted by atomic mass is 16.5. The summed E-state index contributed by atoms with van der Waals surface area (Å²) in [4.78, 5) is 22.8. The molecule has 1 aromatic rings. The number of rotatable bonds is 5. The molecule has 0 aliphatic heterocycles. The smallest absolute Gasteiger partial charge is 0.325 e. The number of hydrogen-bond donors (Lipinski definition) is 1. The number of ether oxygens (including phenoxy) is 2. The van der Waals surface area contributed by atoms with Crippen LogP contribution >= 0.6 is 0 Å². The predicted molar refractivity (Wildman–Crippen MR) is 87.4 cm³/mol. The summed E-state index contributed by atoms with van der Waals surface area (Å²) in [5, 5.41) is 2.48. The van der Waals surface area contributed by atoms with Crippen LogP contribution in [0.4, 0.5) is 0 Å². The van der Waals surface area contributed by atoms with E-state index >= 15 is 0 Å². The molecule has 0 bridgehead atoms. The lowest BCUT2D eigenvalue weighted by Crippen LogP contribution is -2.30. The third-order valence-corrected chi connectivity index (χ3v) is 2.74. The molecule has 22 heavy (non-hydrogen) atoms. The quantitative estimate of drug-likeness (QED) is 0.849. The minimum absolute atomic E-state index is 0.149. The first-order valence-corrected chi connectivity index (χ1v) is 7.44. The fraction of sp³-hybridized carbons (Fsp3) is 0.529. The van der Waals surface area contributed by atoms with Gasteiger partial charge in [0.25, 0.3) is 5.91 Å². The van der Waals surface area contributed by atoms with Crippen molar-refractivity contribution >= 4 is 11.9 Å². The van der Waals surface area contributed by atoms with E-state index in [9.17, 15) is 9.59 Å². The minimum Gasteiger partial charge on any atom is -0.496 e. The van der Waals surface area contributed by atoms with Crippen LogP contribution in [0.2, 0.25) is 0 Å². The van der Waals surface area contributed by atoms with Crippen LogP contribution in [0.15, 0.2) is 18.2 Å². The molecular formula is C17H27NO4. The van der Waals surface area contributed by atoms with Crippen LogP contribution < -0.4 is 10.1 Å². The summed E-state index contributed by atoms with van der Waals surface area (Å²) in [6.45, 7) is 8.20. The number of hydrogen-bond acceptors (Lipinski definition) is 4. The number of carbonyl (C=O) groups is 2. The molecule has 0 aliphatic carbocycles. The van der Waals surface area contributed by atoms with Gasteiger partial charge in [-0.3, -0.25) is 9.59 Å². The van der Waals surface area contributed by atoms with Crippen molar-refractivity contribution in [3.63, 3.8) is 0 Å². The lowest BCUT2D eigenvalue weighted by atomic mass is 10.00. The lowest BCUT2D eigenvalue weighted by Gasteiger charge is -2.13. The van der Waals surface area contributed by atoms with Crippen molar-refractivity contribution in [2.45, 2.75) is 40.0 Å². The number of carbonyl (C=O) groups excluding carboxylic acids is 2. The van der Waals surface area contributed by atoms with Crippen LogP contribution in [0.5, 0.6) is 5.75 Å². The fourth-order valence-corrected chi connectivity index (χ4v) is 1.66. The Hall–Kier alpha value is -2.04. The van der Waals surface area contributed by atoms with E-state index in [2.05, 4.69) is 37.7 Å². The topological polar surface area (TPSA) is 64.6 Å². The van der Waals surface area contributed by atoms with E-state index in [0.717, 1.165) is 5.56 Å². The zero-order chi connectivity index (χ0) is 17.1. The Morgan fingerprint density at radius 3 is 2.23 bits per heavy atom. The SMILES string of the molecule is CCC.COC(=O)CNC(=O)c1ccc(C(C)C)c(OC)c1. The first-order chi connectivity index (χ1) is 10.4. The second kappa shape index (κ2) is 10.7. The van der Waals surface area contributed by atoms with Crippen molar-refractivity contribution < 1.29 is 19.1 Å². The van der Waals surface area contributed by atoms with Crippen LogP contribution in [0.3, 0.4) is 0 Å². The maximum Gasteiger partial charge on any atom is 0.325 e. The molecule has 0 saturated carbocycles. The maximum absolute atomic E-state index is 11.8. The Kier molecular flexibility index (Phi) is 9.67. The van der Waals surface area contributed by atoms with Crippen LogP contribution in [0.25, 0.3) is 0 Å². The molecule has 0 atom stereocenters. The van der Waals surface area contributed by atoms with Gasteiger partial charge >= 0.3 is 5.97 Å². The average molecular weight is 309 g/mol. The Morgan fingerprint density at radius 1 is 1.18 bits per heavy atom. The molecule has 5 nitrogen and oxygen atoms in total. The van der Waals surface area contributed by atoms with E-state index in [1.165, 1.54) is 13.5 Å². The molecule has 0 heterocycles. The first kappa shape index (κ1) is 20.0. The van der Waals surface area contributed by atoms with Gasteiger partial charge in [-0.2, -0.15) is 0 Å². The zero-order valence-corrected chi connectivity index (χ0v) is 14.4. The van der Waals surface area contributed by atoms with Gasteiger partial charge in [0.2, 0.25) is 0 Å². The van der Waals surface area contributed by atoms with Gasteiger partial charge in [0, 0.05) is 5.56 Å². The maximum atomic E-state index is 11.8. The summed E-state index contributed by atoms with van der Waals surface area (Å²) in [6, 6.07) is 5.24. The second-order valence-electron chi connectivity index (χ2n) is 5.08. The Labute approximate surface area is 133 Å². The first-order valence-electron chi connectivity index (χ1n) is 7.44. The molecule has 0 unspecified atom stereocenters. The van der Waals surface area contributed by atoms with Gasteiger partial charge in [0.15, 0.2) is 0 Å². The third kappa shape index (κ3) is 6.61. The van der Waals surface area contributed by atoms with Crippen LogP contribution in [-0.4, -0.2) is 32.6 Å². The van der Waals surface area contributed by atoms with Gasteiger partial charge in [0.1, 0.15) is 12.3 Å². The van der Waals surface area contributed by atoms with Gasteiger partial charge in [-0.15, -0.1) is 0 Å². The summed E-state index contributed by atoms with van der Waals surface area (Å²) in [5.41, 5.74) is 1.48. The summed E-state index contributed by atoms with van der Waals surface area (Å²) in [5.74, 6) is 0.154. The van der Waals surface area contributed by atoms with E-state index in [1.54, 1.807) is 19.2 Å². The average Bonchev–Trinajstić information content (AvgIpc) is 2.52. The summed E-state index contributed by atoms with van der Waals surface area (Å²) in [6.07, 6.45) is 1.25. The van der Waals surface area contributed by atoms with Crippen molar-refractivity contribution in [2.24, 2.45) is 0 Å². The standard InChI is InChI=1S/C14H19NO4.C3H8/c1-9(2)11-6-5-10(7-12(11)18-3)14(17)15-8-13(16)19-4;1-3-2/h5-7,9H,8H2,1-4H3,(H,15,17);3H2,1-2H3. The molecule has 0 spiro atoms. The van der Waals surface area contributed by atoms with Crippen LogP contribution in [0.1, 0.15) is 56.0 Å². The van der Waals surface area contributed by atoms with E-state index in [4.69, 9.17) is 4.74 Å². The largest absolute Gasteiger partial charge is 0.496 e. The highest BCUT2D eigenvalue weighted by Gasteiger charge is 2.13. The van der Waals surface area contributed by atoms with E-state index < -0.39 is 5.97 Å². The van der Waals surface area contributed by atoms with Crippen molar-refractivity contribution in [3.8, 4) is 5.75 Å². The summed E-state index contributed by atoms with van der Waals surface area (Å²) in [7, 11) is 2.84. The Bertz CT molecular complexity index is 484. The molecule has 1 N–H and O–H groups in total. The number of nitrogens with one attached hydrogen (secondary N) is 1. The highest BCUT2D eigenvalue weighted by Crippen LogP contribution is 2.27. The second-order valence-corrected chi connectivity index (χ2v) is 5.08. The van der Waals surface area contributed by atoms with Crippen molar-refractivity contribution in [2.75, 3.05) is 20.8 Å². The van der Waals surface area contributed by atoms with E-state index in [0.29, 0.717) is 17.2 Å². The predicted octanol–water partition coefficient (Wildman–Crippen LogP) is 3.14. The molecule has 1 rings (SSSR count). The molecule has 0 aromatic heterocycles. The molecule has 5 heteroatoms. The zero-order valence-electron chi connectivity index (χ0n) is 14.4. The molecule has 124 valence electrons. The fourth-order valence-electron chi connectivity index (χ4n) is 1.66. The molecule has 0 saturated heterocycles. The molecule has 1 aromatic carbocycles. The number of amides is 1. The van der Waals surface area contributed by atoms with Gasteiger partial charge in [-0.05, 0) is 23.6 Å². The van der Waals surface area contributed by atoms with Crippen LogP contribution in [0, 0.1) is 0 Å². The number of methoxy groups -OCH3 is 2. The third-order valence-electron chi connectivity index (χ3n) is 2.74. The molecule has 0 radical (unpaired) electrons. The molecule has 1 amide bonds. The normalized spacial score (nSPS) is 9.59. The van der Waals surface area contributed by atoms with E-state index in [-0.39, 0.29) is 12.5 Å². The molecule has 0 fully saturated rings. The number of esters is 1. The Balaban J connectivity index is 0.00000135. The molecular weight excluding hydrogens is 282 g/mol. The summed E-state index contributed by atoms with van der Waals surface area (Å²) < 4.78 is 9.73. The van der Waals surface area contributed by atoms with Crippen molar-refractivity contribution in [3.05, 3.63) is 29.3 Å². The van der Waals surface area contributed by atoms with Crippen molar-refractivity contribution in [1.82, 2.24) is 5.32 Å². The minimum atomic E-state index is -0.487. The number of benzene rings is 1. The summed E-state index contributed by atoms with van der Waals surface area (Å²) >= 11 is 0. The molecule has 0 aliphatic rings. The monoisotopic (exact) mass is 309 g/mol. The highest BCUT2D eigenvalue weighted by molar-refractivity contribution is 5.96. The van der Waals surface area contributed by atoms with Gasteiger partial charge in [0.05, 0.1) is 14.2 Å². The van der Waals surface area contributed by atoms with Gasteiger partial charge in [-0.25, -0.2) is 0 Å². The van der Waals surface area contributed by atoms with Gasteiger partial charge < -0.3 is 14.8 Å². The van der Waals surface area contributed by atoms with Crippen LogP contribution in [-0.2, 0) is 9.53 Å².